The number of benzene rings is 2. The minimum Gasteiger partial charge on any atom is -0.490 e. The van der Waals surface area contributed by atoms with Gasteiger partial charge in [-0.1, -0.05) is 50.2 Å². The Labute approximate surface area is 126 Å². The standard InChI is InChI=1S/C18H25NO2/c1-4-18(20,5-2)12-21-17-15(13(3)19)11-10-14-8-6-7-9-16(14)17/h6-11,13,20H,4-5,12,19H2,1-3H3/t13-/m1/s1. The van der Waals surface area contributed by atoms with Crippen molar-refractivity contribution >= 4 is 10.8 Å². The highest BCUT2D eigenvalue weighted by Crippen LogP contribution is 2.33. The van der Waals surface area contributed by atoms with Gasteiger partial charge in [-0.3, -0.25) is 0 Å². The smallest absolute Gasteiger partial charge is 0.132 e. The molecule has 0 bridgehead atoms. The molecule has 0 saturated carbocycles. The molecular formula is C18H25NO2. The van der Waals surface area contributed by atoms with E-state index in [1.165, 1.54) is 0 Å². The summed E-state index contributed by atoms with van der Waals surface area (Å²) in [6.45, 7) is 6.18. The summed E-state index contributed by atoms with van der Waals surface area (Å²) in [5, 5.41) is 12.6. The lowest BCUT2D eigenvalue weighted by Gasteiger charge is -2.26. The quantitative estimate of drug-likeness (QED) is 0.850. The summed E-state index contributed by atoms with van der Waals surface area (Å²) in [4.78, 5) is 0. The SMILES string of the molecule is CCC(O)(CC)COc1c([C@@H](C)N)ccc2ccccc12. The van der Waals surface area contributed by atoms with Crippen LogP contribution in [0.5, 0.6) is 5.75 Å². The highest BCUT2D eigenvalue weighted by molar-refractivity contribution is 5.89. The van der Waals surface area contributed by atoms with E-state index in [9.17, 15) is 5.11 Å². The Kier molecular flexibility index (Phi) is 4.86. The predicted molar refractivity (Wildman–Crippen MR) is 87.6 cm³/mol. The molecule has 114 valence electrons. The minimum absolute atomic E-state index is 0.110. The lowest BCUT2D eigenvalue weighted by atomic mass is 9.98. The molecule has 0 unspecified atom stereocenters. The lowest BCUT2D eigenvalue weighted by Crippen LogP contribution is -2.34. The van der Waals surface area contributed by atoms with Gasteiger partial charge in [-0.25, -0.2) is 0 Å². The van der Waals surface area contributed by atoms with Crippen molar-refractivity contribution in [3.63, 3.8) is 0 Å². The number of ether oxygens (including phenoxy) is 1. The lowest BCUT2D eigenvalue weighted by molar-refractivity contribution is -0.0112. The maximum atomic E-state index is 10.4. The average molecular weight is 287 g/mol. The third kappa shape index (κ3) is 3.36. The van der Waals surface area contributed by atoms with E-state index < -0.39 is 5.60 Å². The van der Waals surface area contributed by atoms with Crippen molar-refractivity contribution in [3.05, 3.63) is 42.0 Å². The van der Waals surface area contributed by atoms with E-state index in [-0.39, 0.29) is 12.6 Å². The second kappa shape index (κ2) is 6.46. The summed E-state index contributed by atoms with van der Waals surface area (Å²) in [6, 6.07) is 12.1. The van der Waals surface area contributed by atoms with Gasteiger partial charge in [-0.15, -0.1) is 0 Å². The molecule has 0 aliphatic heterocycles. The molecule has 0 aromatic heterocycles. The summed E-state index contributed by atoms with van der Waals surface area (Å²) in [6.07, 6.45) is 1.34. The molecule has 0 heterocycles. The van der Waals surface area contributed by atoms with E-state index in [1.54, 1.807) is 0 Å². The highest BCUT2D eigenvalue weighted by atomic mass is 16.5. The Bertz CT molecular complexity index is 603. The first-order chi connectivity index (χ1) is 10.0. The van der Waals surface area contributed by atoms with Crippen LogP contribution < -0.4 is 10.5 Å². The van der Waals surface area contributed by atoms with Gasteiger partial charge in [0.15, 0.2) is 0 Å². The van der Waals surface area contributed by atoms with Gasteiger partial charge < -0.3 is 15.6 Å². The average Bonchev–Trinajstić information content (AvgIpc) is 2.51. The van der Waals surface area contributed by atoms with E-state index in [4.69, 9.17) is 10.5 Å². The number of fused-ring (bicyclic) bond motifs is 1. The first-order valence-electron chi connectivity index (χ1n) is 7.63. The molecule has 3 nitrogen and oxygen atoms in total. The maximum absolute atomic E-state index is 10.4. The summed E-state index contributed by atoms with van der Waals surface area (Å²) in [5.74, 6) is 0.795. The van der Waals surface area contributed by atoms with Crippen molar-refractivity contribution in [2.45, 2.75) is 45.3 Å². The Morgan fingerprint density at radius 3 is 2.43 bits per heavy atom. The number of nitrogens with two attached hydrogens (primary N) is 1. The first-order valence-corrected chi connectivity index (χ1v) is 7.63. The van der Waals surface area contributed by atoms with Crippen LogP contribution in [-0.2, 0) is 0 Å². The summed E-state index contributed by atoms with van der Waals surface area (Å²) < 4.78 is 6.03. The zero-order valence-electron chi connectivity index (χ0n) is 13.1. The van der Waals surface area contributed by atoms with Gasteiger partial charge in [-0.2, -0.15) is 0 Å². The molecule has 2 aromatic rings. The second-order valence-corrected chi connectivity index (χ2v) is 5.71. The third-order valence-corrected chi connectivity index (χ3v) is 4.20. The van der Waals surface area contributed by atoms with Crippen molar-refractivity contribution in [3.8, 4) is 5.75 Å². The molecule has 2 aromatic carbocycles. The summed E-state index contributed by atoms with van der Waals surface area (Å²) in [5.41, 5.74) is 6.26. The van der Waals surface area contributed by atoms with Crippen LogP contribution in [-0.4, -0.2) is 17.3 Å². The molecule has 0 saturated heterocycles. The number of aliphatic hydroxyl groups is 1. The Hall–Kier alpha value is -1.58. The van der Waals surface area contributed by atoms with E-state index in [1.807, 2.05) is 45.0 Å². The van der Waals surface area contributed by atoms with Crippen molar-refractivity contribution in [1.82, 2.24) is 0 Å². The third-order valence-electron chi connectivity index (χ3n) is 4.20. The van der Waals surface area contributed by atoms with Gasteiger partial charge >= 0.3 is 0 Å². The first kappa shape index (κ1) is 15.8. The fourth-order valence-corrected chi connectivity index (χ4v) is 2.44. The van der Waals surface area contributed by atoms with Gasteiger partial charge in [0.05, 0.1) is 5.60 Å². The predicted octanol–water partition coefficient (Wildman–Crippen LogP) is 3.79. The molecule has 0 aliphatic carbocycles. The van der Waals surface area contributed by atoms with Gasteiger partial charge in [-0.05, 0) is 25.2 Å². The molecule has 0 fully saturated rings. The summed E-state index contributed by atoms with van der Waals surface area (Å²) in [7, 11) is 0. The number of rotatable bonds is 6. The Balaban J connectivity index is 2.42. The molecule has 1 atom stereocenters. The normalized spacial score (nSPS) is 13.4. The van der Waals surface area contributed by atoms with Gasteiger partial charge in [0.1, 0.15) is 12.4 Å². The van der Waals surface area contributed by atoms with Gasteiger partial charge in [0.2, 0.25) is 0 Å². The monoisotopic (exact) mass is 287 g/mol. The van der Waals surface area contributed by atoms with E-state index in [0.29, 0.717) is 12.8 Å². The number of hydrogen-bond acceptors (Lipinski definition) is 3. The van der Waals surface area contributed by atoms with Crippen molar-refractivity contribution < 1.29 is 9.84 Å². The zero-order chi connectivity index (χ0) is 15.5. The highest BCUT2D eigenvalue weighted by Gasteiger charge is 2.24. The molecule has 0 radical (unpaired) electrons. The molecule has 3 heteroatoms. The molecule has 2 rings (SSSR count). The van der Waals surface area contributed by atoms with Crippen LogP contribution in [0.1, 0.15) is 45.2 Å². The fourth-order valence-electron chi connectivity index (χ4n) is 2.44. The maximum Gasteiger partial charge on any atom is 0.132 e. The van der Waals surface area contributed by atoms with Gasteiger partial charge in [0, 0.05) is 17.0 Å². The van der Waals surface area contributed by atoms with Crippen LogP contribution in [0.15, 0.2) is 36.4 Å². The van der Waals surface area contributed by atoms with Crippen molar-refractivity contribution in [2.75, 3.05) is 6.61 Å². The number of hydrogen-bond donors (Lipinski definition) is 2. The van der Waals surface area contributed by atoms with Crippen LogP contribution in [0, 0.1) is 0 Å². The Morgan fingerprint density at radius 1 is 1.14 bits per heavy atom. The van der Waals surface area contributed by atoms with E-state index in [2.05, 4.69) is 12.1 Å². The van der Waals surface area contributed by atoms with Crippen LogP contribution >= 0.6 is 0 Å². The van der Waals surface area contributed by atoms with E-state index in [0.717, 1.165) is 22.1 Å². The summed E-state index contributed by atoms with van der Waals surface area (Å²) >= 11 is 0. The largest absolute Gasteiger partial charge is 0.490 e. The van der Waals surface area contributed by atoms with Crippen LogP contribution in [0.3, 0.4) is 0 Å². The van der Waals surface area contributed by atoms with Gasteiger partial charge in [0.25, 0.3) is 0 Å². The fraction of sp³-hybridized carbons (Fsp3) is 0.444. The zero-order valence-corrected chi connectivity index (χ0v) is 13.1. The second-order valence-electron chi connectivity index (χ2n) is 5.71. The molecule has 0 aliphatic rings. The van der Waals surface area contributed by atoms with Crippen LogP contribution in [0.2, 0.25) is 0 Å². The van der Waals surface area contributed by atoms with E-state index >= 15 is 0 Å². The van der Waals surface area contributed by atoms with Crippen LogP contribution in [0.4, 0.5) is 0 Å². The molecule has 3 N–H and O–H groups in total. The topological polar surface area (TPSA) is 55.5 Å². The molecule has 0 amide bonds. The Morgan fingerprint density at radius 2 is 1.81 bits per heavy atom. The van der Waals surface area contributed by atoms with Crippen molar-refractivity contribution in [1.29, 1.82) is 0 Å². The molecule has 0 spiro atoms. The van der Waals surface area contributed by atoms with Crippen LogP contribution in [0.25, 0.3) is 10.8 Å². The van der Waals surface area contributed by atoms with Crippen molar-refractivity contribution in [2.24, 2.45) is 5.73 Å². The molecule has 21 heavy (non-hydrogen) atoms. The molecular weight excluding hydrogens is 262 g/mol. The minimum atomic E-state index is -0.786.